The number of fused-ring (bicyclic) bond motifs is 1. The maximum absolute atomic E-state index is 13.7. The lowest BCUT2D eigenvalue weighted by molar-refractivity contribution is -0.141. The minimum atomic E-state index is -4.70. The van der Waals surface area contributed by atoms with E-state index in [2.05, 4.69) is 19.9 Å². The molecule has 174 valence electrons. The number of nitrogens with zero attached hydrogens (tertiary/aromatic N) is 5. The van der Waals surface area contributed by atoms with Gasteiger partial charge >= 0.3 is 12.4 Å². The Morgan fingerprint density at radius 2 is 1.70 bits per heavy atom. The second-order valence-corrected chi connectivity index (χ2v) is 7.40. The van der Waals surface area contributed by atoms with Crippen molar-refractivity contribution in [2.45, 2.75) is 31.2 Å². The van der Waals surface area contributed by atoms with Crippen molar-refractivity contribution in [1.82, 2.24) is 19.9 Å². The number of hydrogen-bond donors (Lipinski definition) is 2. The molecule has 1 aliphatic rings. The maximum Gasteiger partial charge on any atom is 0.433 e. The second kappa shape index (κ2) is 8.05. The number of nitrogens with two attached hydrogens (primary N) is 2. The van der Waals surface area contributed by atoms with Gasteiger partial charge in [0, 0.05) is 30.9 Å². The fraction of sp³-hybridized carbons (Fsp3) is 0.300. The summed E-state index contributed by atoms with van der Waals surface area (Å²) in [5.74, 6) is -0.374. The molecule has 7 nitrogen and oxygen atoms in total. The Morgan fingerprint density at radius 3 is 2.33 bits per heavy atom. The van der Waals surface area contributed by atoms with Crippen LogP contribution in [0.4, 0.5) is 43.9 Å². The lowest BCUT2D eigenvalue weighted by Crippen LogP contribution is -2.33. The average molecular weight is 469 g/mol. The molecule has 1 unspecified atom stereocenters. The summed E-state index contributed by atoms with van der Waals surface area (Å²) in [7, 11) is 0. The number of nitrogen functional groups attached to an aromatic ring is 2. The van der Waals surface area contributed by atoms with E-state index in [4.69, 9.17) is 11.5 Å². The van der Waals surface area contributed by atoms with Crippen molar-refractivity contribution in [1.29, 1.82) is 0 Å². The summed E-state index contributed by atoms with van der Waals surface area (Å²) in [5, 5.41) is 0. The summed E-state index contributed by atoms with van der Waals surface area (Å²) in [4.78, 5) is 16.9. The normalized spacial score (nSPS) is 16.9. The molecule has 0 fully saturated rings. The van der Waals surface area contributed by atoms with Crippen LogP contribution in [0.15, 0.2) is 36.7 Å². The molecule has 33 heavy (non-hydrogen) atoms. The highest BCUT2D eigenvalue weighted by Gasteiger charge is 2.39. The van der Waals surface area contributed by atoms with Crippen molar-refractivity contribution in [2.75, 3.05) is 22.9 Å². The molecule has 0 aromatic carbocycles. The summed E-state index contributed by atoms with van der Waals surface area (Å²) < 4.78 is 80.2. The highest BCUT2D eigenvalue weighted by molar-refractivity contribution is 5.54. The Labute approximate surface area is 183 Å². The van der Waals surface area contributed by atoms with Gasteiger partial charge in [0.1, 0.15) is 17.3 Å². The van der Waals surface area contributed by atoms with E-state index in [1.165, 1.54) is 17.2 Å². The van der Waals surface area contributed by atoms with Gasteiger partial charge in [-0.15, -0.1) is 0 Å². The molecule has 1 aliphatic heterocycles. The van der Waals surface area contributed by atoms with E-state index in [0.717, 1.165) is 24.4 Å². The van der Waals surface area contributed by atoms with E-state index in [9.17, 15) is 26.3 Å². The molecular weight excluding hydrogens is 452 g/mol. The van der Waals surface area contributed by atoms with Crippen molar-refractivity contribution in [2.24, 2.45) is 0 Å². The summed E-state index contributed by atoms with van der Waals surface area (Å²) in [6.45, 7) is 0.0241. The van der Waals surface area contributed by atoms with E-state index >= 15 is 0 Å². The van der Waals surface area contributed by atoms with Gasteiger partial charge in [0.2, 0.25) is 5.95 Å². The topological polar surface area (TPSA) is 107 Å². The first-order chi connectivity index (χ1) is 15.4. The first-order valence-corrected chi connectivity index (χ1v) is 9.68. The van der Waals surface area contributed by atoms with Gasteiger partial charge in [-0.1, -0.05) is 6.07 Å². The molecule has 3 aromatic heterocycles. The van der Waals surface area contributed by atoms with Crippen molar-refractivity contribution in [3.63, 3.8) is 0 Å². The third-order valence-electron chi connectivity index (χ3n) is 5.33. The number of halogens is 6. The molecule has 0 aliphatic carbocycles. The maximum atomic E-state index is 13.7. The largest absolute Gasteiger partial charge is 0.433 e. The van der Waals surface area contributed by atoms with Crippen molar-refractivity contribution < 1.29 is 26.3 Å². The van der Waals surface area contributed by atoms with Crippen LogP contribution in [0.2, 0.25) is 0 Å². The fourth-order valence-corrected chi connectivity index (χ4v) is 3.86. The summed E-state index contributed by atoms with van der Waals surface area (Å²) in [6, 6.07) is 3.16. The van der Waals surface area contributed by atoms with Crippen LogP contribution < -0.4 is 16.4 Å². The standard InChI is InChI=1S/C20H17F6N7/c21-19(22,23)12-2-1-6-29-17(12)33-7-5-11-13(31-18(28)32-16(11)27)8-14(33)10-3-4-15(30-9-10)20(24,25)26/h1-4,6,9,14H,5,7-8H2,(H4,27,28,31,32). The van der Waals surface area contributed by atoms with Gasteiger partial charge in [0.05, 0.1) is 17.3 Å². The highest BCUT2D eigenvalue weighted by Crippen LogP contribution is 2.41. The quantitative estimate of drug-likeness (QED) is 0.550. The zero-order chi connectivity index (χ0) is 24.0. The monoisotopic (exact) mass is 469 g/mol. The average Bonchev–Trinajstić information content (AvgIpc) is 2.92. The molecular formula is C20H17F6N7. The molecule has 3 aromatic rings. The van der Waals surface area contributed by atoms with Crippen molar-refractivity contribution >= 4 is 17.6 Å². The third-order valence-corrected chi connectivity index (χ3v) is 5.33. The molecule has 0 saturated heterocycles. The number of hydrogen-bond acceptors (Lipinski definition) is 7. The molecule has 13 heteroatoms. The van der Waals surface area contributed by atoms with Gasteiger partial charge in [-0.25, -0.2) is 9.97 Å². The molecule has 4 heterocycles. The molecule has 0 bridgehead atoms. The molecule has 1 atom stereocenters. The van der Waals surface area contributed by atoms with Crippen LogP contribution in [-0.2, 0) is 25.2 Å². The van der Waals surface area contributed by atoms with E-state index in [-0.39, 0.29) is 42.5 Å². The van der Waals surface area contributed by atoms with E-state index in [1.807, 2.05) is 0 Å². The Morgan fingerprint density at radius 1 is 0.939 bits per heavy atom. The minimum absolute atomic E-state index is 0.00711. The SMILES string of the molecule is Nc1nc(N)c2c(n1)CC(c1ccc(C(F)(F)F)nc1)N(c1ncccc1C(F)(F)F)CC2. The predicted octanol–water partition coefficient (Wildman–Crippen LogP) is 3.82. The second-order valence-electron chi connectivity index (χ2n) is 7.40. The van der Waals surface area contributed by atoms with Crippen LogP contribution in [0, 0.1) is 0 Å². The van der Waals surface area contributed by atoms with Crippen LogP contribution in [0.25, 0.3) is 0 Å². The molecule has 4 rings (SSSR count). The minimum Gasteiger partial charge on any atom is -0.383 e. The van der Waals surface area contributed by atoms with Crippen LogP contribution in [0.3, 0.4) is 0 Å². The zero-order valence-corrected chi connectivity index (χ0v) is 16.8. The van der Waals surface area contributed by atoms with E-state index in [0.29, 0.717) is 11.3 Å². The number of alkyl halides is 6. The smallest absolute Gasteiger partial charge is 0.383 e. The van der Waals surface area contributed by atoms with Gasteiger partial charge in [-0.05, 0) is 30.2 Å². The van der Waals surface area contributed by atoms with Gasteiger partial charge in [-0.3, -0.25) is 4.98 Å². The Bertz CT molecular complexity index is 1160. The summed E-state index contributed by atoms with van der Waals surface area (Å²) in [6.07, 6.45) is -6.96. The van der Waals surface area contributed by atoms with Crippen LogP contribution in [0.1, 0.15) is 34.1 Å². The van der Waals surface area contributed by atoms with Crippen molar-refractivity contribution in [3.05, 3.63) is 64.7 Å². The zero-order valence-electron chi connectivity index (χ0n) is 16.8. The lowest BCUT2D eigenvalue weighted by Gasteiger charge is -2.33. The Kier molecular flexibility index (Phi) is 5.50. The number of aromatic nitrogens is 4. The van der Waals surface area contributed by atoms with Gasteiger partial charge < -0.3 is 16.4 Å². The highest BCUT2D eigenvalue weighted by atomic mass is 19.4. The third kappa shape index (κ3) is 4.47. The Hall–Kier alpha value is -3.64. The fourth-order valence-electron chi connectivity index (χ4n) is 3.86. The molecule has 0 saturated carbocycles. The molecule has 0 spiro atoms. The van der Waals surface area contributed by atoms with Gasteiger partial charge in [0.15, 0.2) is 0 Å². The first-order valence-electron chi connectivity index (χ1n) is 9.68. The van der Waals surface area contributed by atoms with Gasteiger partial charge in [-0.2, -0.15) is 31.3 Å². The summed E-state index contributed by atoms with van der Waals surface area (Å²) >= 11 is 0. The Balaban J connectivity index is 1.86. The van der Waals surface area contributed by atoms with E-state index < -0.39 is 29.7 Å². The predicted molar refractivity (Wildman–Crippen MR) is 107 cm³/mol. The van der Waals surface area contributed by atoms with Crippen LogP contribution >= 0.6 is 0 Å². The molecule has 0 amide bonds. The number of pyridine rings is 2. The van der Waals surface area contributed by atoms with Gasteiger partial charge in [0.25, 0.3) is 0 Å². The van der Waals surface area contributed by atoms with E-state index in [1.54, 1.807) is 0 Å². The number of rotatable bonds is 2. The van der Waals surface area contributed by atoms with Crippen molar-refractivity contribution in [3.8, 4) is 0 Å². The number of anilines is 3. The van der Waals surface area contributed by atoms with Crippen LogP contribution in [0.5, 0.6) is 0 Å². The first kappa shape index (κ1) is 22.6. The summed E-state index contributed by atoms with van der Waals surface area (Å²) in [5.41, 5.74) is 10.7. The molecule has 4 N–H and O–H groups in total. The van der Waals surface area contributed by atoms with Crippen LogP contribution in [-0.4, -0.2) is 26.5 Å². The lowest BCUT2D eigenvalue weighted by atomic mass is 10.00. The molecule has 0 radical (unpaired) electrons.